The predicted molar refractivity (Wildman–Crippen MR) is 71.2 cm³/mol. The lowest BCUT2D eigenvalue weighted by molar-refractivity contribution is -0.143. The molecule has 0 aliphatic heterocycles. The van der Waals surface area contributed by atoms with Crippen molar-refractivity contribution in [1.29, 1.82) is 0 Å². The van der Waals surface area contributed by atoms with Crippen LogP contribution in [0.2, 0.25) is 0 Å². The van der Waals surface area contributed by atoms with Crippen LogP contribution in [0.3, 0.4) is 0 Å². The molecule has 6 nitrogen and oxygen atoms in total. The second kappa shape index (κ2) is 6.89. The third-order valence-electron chi connectivity index (χ3n) is 2.32. The summed E-state index contributed by atoms with van der Waals surface area (Å²) in [7, 11) is 0. The summed E-state index contributed by atoms with van der Waals surface area (Å²) < 4.78 is 0.883. The summed E-state index contributed by atoms with van der Waals surface area (Å²) in [4.78, 5) is 33.2. The maximum atomic E-state index is 11.7. The minimum absolute atomic E-state index is 0.0375. The van der Waals surface area contributed by atoms with Crippen LogP contribution < -0.4 is 11.1 Å². The Hall–Kier alpha value is -1.89. The van der Waals surface area contributed by atoms with E-state index in [0.717, 1.165) is 10.0 Å². The topological polar surface area (TPSA) is 109 Å². The molecule has 1 aromatic rings. The lowest BCUT2D eigenvalue weighted by Crippen LogP contribution is -2.43. The van der Waals surface area contributed by atoms with Crippen LogP contribution >= 0.6 is 15.9 Å². The van der Waals surface area contributed by atoms with E-state index < -0.39 is 30.2 Å². The lowest BCUT2D eigenvalue weighted by Gasteiger charge is -2.12. The van der Waals surface area contributed by atoms with Crippen LogP contribution in [0.15, 0.2) is 28.7 Å². The van der Waals surface area contributed by atoms with Crippen molar-refractivity contribution < 1.29 is 19.5 Å². The molecule has 102 valence electrons. The van der Waals surface area contributed by atoms with Crippen molar-refractivity contribution in [2.45, 2.75) is 18.9 Å². The van der Waals surface area contributed by atoms with Crippen LogP contribution in [0.4, 0.5) is 0 Å². The van der Waals surface area contributed by atoms with Crippen LogP contribution in [0.25, 0.3) is 0 Å². The quantitative estimate of drug-likeness (QED) is 0.703. The summed E-state index contributed by atoms with van der Waals surface area (Å²) in [5, 5.41) is 11.1. The van der Waals surface area contributed by atoms with Gasteiger partial charge < -0.3 is 16.2 Å². The molecule has 4 N–H and O–H groups in total. The molecular weight excluding hydrogens is 316 g/mol. The van der Waals surface area contributed by atoms with E-state index >= 15 is 0 Å². The van der Waals surface area contributed by atoms with E-state index in [4.69, 9.17) is 10.8 Å². The van der Waals surface area contributed by atoms with Gasteiger partial charge in [-0.05, 0) is 17.7 Å². The van der Waals surface area contributed by atoms with Gasteiger partial charge in [0.25, 0.3) is 0 Å². The number of carboxylic acids is 1. The average Bonchev–Trinajstić information content (AvgIpc) is 2.30. The molecule has 2 amide bonds. The van der Waals surface area contributed by atoms with Gasteiger partial charge in [0.05, 0.1) is 12.8 Å². The van der Waals surface area contributed by atoms with Gasteiger partial charge in [-0.1, -0.05) is 28.1 Å². The van der Waals surface area contributed by atoms with Crippen LogP contribution in [0.5, 0.6) is 0 Å². The summed E-state index contributed by atoms with van der Waals surface area (Å²) in [5.41, 5.74) is 5.66. The number of aliphatic carboxylic acids is 1. The third-order valence-corrected chi connectivity index (χ3v) is 2.85. The van der Waals surface area contributed by atoms with Gasteiger partial charge in [-0.2, -0.15) is 0 Å². The first-order valence-electron chi connectivity index (χ1n) is 5.43. The van der Waals surface area contributed by atoms with Crippen molar-refractivity contribution in [3.8, 4) is 0 Å². The molecule has 1 atom stereocenters. The number of halogens is 1. The molecule has 0 fully saturated rings. The highest BCUT2D eigenvalue weighted by atomic mass is 79.9. The smallest absolute Gasteiger partial charge is 0.326 e. The fourth-order valence-corrected chi connectivity index (χ4v) is 1.70. The Morgan fingerprint density at radius 3 is 2.32 bits per heavy atom. The molecule has 7 heteroatoms. The van der Waals surface area contributed by atoms with E-state index in [1.165, 1.54) is 0 Å². The molecule has 1 aromatic carbocycles. The van der Waals surface area contributed by atoms with Crippen molar-refractivity contribution >= 4 is 33.7 Å². The summed E-state index contributed by atoms with van der Waals surface area (Å²) in [6.07, 6.45) is -0.392. The van der Waals surface area contributed by atoms with Gasteiger partial charge in [0.2, 0.25) is 11.8 Å². The Morgan fingerprint density at radius 2 is 1.84 bits per heavy atom. The van der Waals surface area contributed by atoms with Crippen molar-refractivity contribution in [2.75, 3.05) is 0 Å². The first-order valence-corrected chi connectivity index (χ1v) is 6.22. The summed E-state index contributed by atoms with van der Waals surface area (Å²) >= 11 is 3.27. The zero-order valence-electron chi connectivity index (χ0n) is 9.93. The monoisotopic (exact) mass is 328 g/mol. The Kier molecular flexibility index (Phi) is 5.50. The highest BCUT2D eigenvalue weighted by molar-refractivity contribution is 9.10. The summed E-state index contributed by atoms with van der Waals surface area (Å²) in [6, 6.07) is 5.75. The molecule has 0 saturated carbocycles. The number of carbonyl (C=O) groups is 3. The molecule has 0 spiro atoms. The summed E-state index contributed by atoms with van der Waals surface area (Å²) in [5.74, 6) is -2.55. The van der Waals surface area contributed by atoms with E-state index in [0.29, 0.717) is 0 Å². The molecule has 0 bridgehead atoms. The van der Waals surface area contributed by atoms with Gasteiger partial charge in [-0.3, -0.25) is 9.59 Å². The number of rotatable bonds is 6. The maximum Gasteiger partial charge on any atom is 0.326 e. The molecule has 0 saturated heterocycles. The Labute approximate surface area is 118 Å². The first kappa shape index (κ1) is 15.2. The first-order chi connectivity index (χ1) is 8.88. The molecule has 1 rings (SSSR count). The highest BCUT2D eigenvalue weighted by Crippen LogP contribution is 2.10. The van der Waals surface area contributed by atoms with Crippen LogP contribution in [-0.4, -0.2) is 28.9 Å². The van der Waals surface area contributed by atoms with E-state index in [-0.39, 0.29) is 6.42 Å². The van der Waals surface area contributed by atoms with Crippen molar-refractivity contribution in [1.82, 2.24) is 5.32 Å². The number of carboxylic acid groups (broad SMARTS) is 1. The number of nitrogens with one attached hydrogen (secondary N) is 1. The molecule has 0 radical (unpaired) electrons. The number of hydrogen-bond donors (Lipinski definition) is 3. The fourth-order valence-electron chi connectivity index (χ4n) is 1.43. The molecule has 0 aliphatic rings. The van der Waals surface area contributed by atoms with Crippen LogP contribution in [0, 0.1) is 0 Å². The van der Waals surface area contributed by atoms with Gasteiger partial charge >= 0.3 is 5.97 Å². The van der Waals surface area contributed by atoms with Crippen LogP contribution in [-0.2, 0) is 20.8 Å². The number of carbonyl (C=O) groups excluding carboxylic acids is 2. The Balaban J connectivity index is 2.59. The average molecular weight is 329 g/mol. The van der Waals surface area contributed by atoms with Crippen molar-refractivity contribution in [3.63, 3.8) is 0 Å². The van der Waals surface area contributed by atoms with E-state index in [2.05, 4.69) is 21.2 Å². The largest absolute Gasteiger partial charge is 0.480 e. The lowest BCUT2D eigenvalue weighted by atomic mass is 10.1. The molecule has 0 heterocycles. The molecule has 0 aliphatic carbocycles. The molecular formula is C12H13BrN2O4. The van der Waals surface area contributed by atoms with Gasteiger partial charge in [0.1, 0.15) is 6.04 Å². The van der Waals surface area contributed by atoms with E-state index in [9.17, 15) is 14.4 Å². The number of amides is 2. The second-order valence-corrected chi connectivity index (χ2v) is 4.85. The maximum absolute atomic E-state index is 11.7. The molecule has 0 aromatic heterocycles. The number of primary amides is 1. The van der Waals surface area contributed by atoms with E-state index in [1.807, 2.05) is 0 Å². The number of benzene rings is 1. The van der Waals surface area contributed by atoms with Gasteiger partial charge in [-0.25, -0.2) is 4.79 Å². The predicted octanol–water partition coefficient (Wildman–Crippen LogP) is 0.436. The van der Waals surface area contributed by atoms with Gasteiger partial charge in [0, 0.05) is 4.47 Å². The van der Waals surface area contributed by atoms with Crippen molar-refractivity contribution in [2.24, 2.45) is 5.73 Å². The number of hydrogen-bond acceptors (Lipinski definition) is 3. The second-order valence-electron chi connectivity index (χ2n) is 3.93. The Morgan fingerprint density at radius 1 is 1.26 bits per heavy atom. The van der Waals surface area contributed by atoms with Gasteiger partial charge in [-0.15, -0.1) is 0 Å². The number of nitrogens with two attached hydrogens (primary N) is 1. The van der Waals surface area contributed by atoms with Gasteiger partial charge in [0.15, 0.2) is 0 Å². The third kappa shape index (κ3) is 5.52. The van der Waals surface area contributed by atoms with E-state index in [1.54, 1.807) is 24.3 Å². The highest BCUT2D eigenvalue weighted by Gasteiger charge is 2.21. The van der Waals surface area contributed by atoms with Crippen LogP contribution in [0.1, 0.15) is 12.0 Å². The SMILES string of the molecule is NC(=O)C[C@@H](NC(=O)Cc1ccc(Br)cc1)C(=O)O. The normalized spacial score (nSPS) is 11.6. The zero-order chi connectivity index (χ0) is 14.4. The summed E-state index contributed by atoms with van der Waals surface area (Å²) in [6.45, 7) is 0. The standard InChI is InChI=1S/C12H13BrN2O4/c13-8-3-1-7(2-4-8)5-11(17)15-9(12(18)19)6-10(14)16/h1-4,9H,5-6H2,(H2,14,16)(H,15,17)(H,18,19)/t9-/m1/s1. The minimum Gasteiger partial charge on any atom is -0.480 e. The van der Waals surface area contributed by atoms with Crippen molar-refractivity contribution in [3.05, 3.63) is 34.3 Å². The minimum atomic E-state index is -1.29. The zero-order valence-corrected chi connectivity index (χ0v) is 11.5. The molecule has 0 unspecified atom stereocenters. The Bertz CT molecular complexity index is 487. The fraction of sp³-hybridized carbons (Fsp3) is 0.250. The molecule has 19 heavy (non-hydrogen) atoms.